The maximum absolute atomic E-state index is 11.5. The molecule has 0 radical (unpaired) electrons. The summed E-state index contributed by atoms with van der Waals surface area (Å²) in [6.45, 7) is 0. The highest BCUT2D eigenvalue weighted by molar-refractivity contribution is 5.91. The number of para-hydroxylation sites is 1. The molecule has 0 fully saturated rings. The molecule has 0 saturated carbocycles. The maximum Gasteiger partial charge on any atom is 0.288 e. The average Bonchev–Trinajstić information content (AvgIpc) is 2.58. The van der Waals surface area contributed by atoms with Crippen LogP contribution in [0.1, 0.15) is 0 Å². The lowest BCUT2D eigenvalue weighted by Gasteiger charge is -2.00. The fraction of sp³-hybridized carbons (Fsp3) is 0. The van der Waals surface area contributed by atoms with Gasteiger partial charge in [-0.3, -0.25) is 4.79 Å². The number of benzene rings is 2. The lowest BCUT2D eigenvalue weighted by Crippen LogP contribution is -1.98. The molecule has 3 heteroatoms. The molecule has 0 unspecified atom stereocenters. The van der Waals surface area contributed by atoms with E-state index in [2.05, 4.69) is 9.97 Å². The predicted octanol–water partition coefficient (Wildman–Crippen LogP) is 2.66. The summed E-state index contributed by atoms with van der Waals surface area (Å²) in [5, 5.41) is 0.880. The van der Waals surface area contributed by atoms with E-state index in [0.717, 1.165) is 16.6 Å². The minimum absolute atomic E-state index is 0.326. The highest BCUT2D eigenvalue weighted by Crippen LogP contribution is 2.23. The van der Waals surface area contributed by atoms with Crippen molar-refractivity contribution in [1.29, 1.82) is 0 Å². The van der Waals surface area contributed by atoms with Gasteiger partial charge in [-0.1, -0.05) is 48.5 Å². The molecular weight excluding hydrogens is 224 g/mol. The van der Waals surface area contributed by atoms with Crippen molar-refractivity contribution in [3.8, 4) is 11.3 Å². The van der Waals surface area contributed by atoms with Gasteiger partial charge in [0.2, 0.25) is 0 Å². The van der Waals surface area contributed by atoms with E-state index < -0.39 is 0 Å². The Morgan fingerprint density at radius 1 is 0.833 bits per heavy atom. The van der Waals surface area contributed by atoms with Crippen molar-refractivity contribution in [2.75, 3.05) is 0 Å². The molecule has 0 saturated heterocycles. The smallest absolute Gasteiger partial charge is 0.266 e. The van der Waals surface area contributed by atoms with Gasteiger partial charge in [-0.05, 0) is 6.07 Å². The van der Waals surface area contributed by atoms with Gasteiger partial charge in [-0.25, -0.2) is 9.97 Å². The molecule has 0 amide bonds. The summed E-state index contributed by atoms with van der Waals surface area (Å²) in [6.07, 6.45) is 1.27. The van der Waals surface area contributed by atoms with Crippen molar-refractivity contribution in [3.63, 3.8) is 0 Å². The summed E-state index contributed by atoms with van der Waals surface area (Å²) in [7, 11) is 0. The van der Waals surface area contributed by atoms with E-state index in [0.29, 0.717) is 5.52 Å². The van der Waals surface area contributed by atoms with Crippen LogP contribution in [0.15, 0.2) is 65.6 Å². The first-order valence-electron chi connectivity index (χ1n) is 5.66. The number of nitrogens with zero attached hydrogens (tertiary/aromatic N) is 2. The molecule has 3 aromatic rings. The van der Waals surface area contributed by atoms with Crippen LogP contribution >= 0.6 is 0 Å². The summed E-state index contributed by atoms with van der Waals surface area (Å²) in [4.78, 5) is 19.8. The van der Waals surface area contributed by atoms with Gasteiger partial charge in [0.25, 0.3) is 5.56 Å². The third-order valence-corrected chi connectivity index (χ3v) is 2.74. The van der Waals surface area contributed by atoms with Crippen LogP contribution in [-0.2, 0) is 0 Å². The molecule has 0 aliphatic rings. The molecule has 1 heterocycles. The van der Waals surface area contributed by atoms with Gasteiger partial charge in [0.15, 0.2) is 0 Å². The number of aromatic nitrogens is 2. The zero-order chi connectivity index (χ0) is 12.4. The SMILES string of the molecule is O=c1cnc(-c2ccccc2)c2ccccc2n1. The Labute approximate surface area is 104 Å². The molecule has 3 nitrogen and oxygen atoms in total. The first-order chi connectivity index (χ1) is 8.84. The Hall–Kier alpha value is -2.55. The largest absolute Gasteiger partial charge is 0.288 e. The lowest BCUT2D eigenvalue weighted by molar-refractivity contribution is 1.26. The van der Waals surface area contributed by atoms with Crippen molar-refractivity contribution in [2.24, 2.45) is 0 Å². The number of rotatable bonds is 1. The van der Waals surface area contributed by atoms with Gasteiger partial charge in [-0.2, -0.15) is 0 Å². The van der Waals surface area contributed by atoms with E-state index in [9.17, 15) is 4.79 Å². The summed E-state index contributed by atoms with van der Waals surface area (Å²) in [5.74, 6) is 0. The second-order valence-corrected chi connectivity index (χ2v) is 3.94. The molecular formula is C15H10N2O. The highest BCUT2D eigenvalue weighted by Gasteiger charge is 2.04. The molecule has 0 aliphatic carbocycles. The van der Waals surface area contributed by atoms with Gasteiger partial charge in [-0.15, -0.1) is 0 Å². The highest BCUT2D eigenvalue weighted by atomic mass is 16.1. The lowest BCUT2D eigenvalue weighted by atomic mass is 10.1. The maximum atomic E-state index is 11.5. The first kappa shape index (κ1) is 10.6. The molecule has 18 heavy (non-hydrogen) atoms. The van der Waals surface area contributed by atoms with E-state index >= 15 is 0 Å². The Balaban J connectivity index is 2.44. The van der Waals surface area contributed by atoms with E-state index in [1.54, 1.807) is 0 Å². The van der Waals surface area contributed by atoms with Crippen molar-refractivity contribution in [1.82, 2.24) is 9.97 Å². The minimum atomic E-state index is -0.326. The molecule has 3 rings (SSSR count). The molecule has 1 aromatic heterocycles. The second-order valence-electron chi connectivity index (χ2n) is 3.94. The Morgan fingerprint density at radius 3 is 2.39 bits per heavy atom. The third kappa shape index (κ3) is 1.86. The van der Waals surface area contributed by atoms with Crippen LogP contribution in [-0.4, -0.2) is 9.97 Å². The summed E-state index contributed by atoms with van der Waals surface area (Å²) >= 11 is 0. The monoisotopic (exact) mass is 234 g/mol. The quantitative estimate of drug-likeness (QED) is 0.650. The van der Waals surface area contributed by atoms with Gasteiger partial charge in [0.1, 0.15) is 0 Å². The number of fused-ring (bicyclic) bond motifs is 1. The molecule has 0 atom stereocenters. The fourth-order valence-corrected chi connectivity index (χ4v) is 1.93. The Morgan fingerprint density at radius 2 is 1.56 bits per heavy atom. The van der Waals surface area contributed by atoms with Crippen molar-refractivity contribution in [2.45, 2.75) is 0 Å². The van der Waals surface area contributed by atoms with Gasteiger partial charge in [0, 0.05) is 10.9 Å². The van der Waals surface area contributed by atoms with E-state index in [4.69, 9.17) is 0 Å². The molecule has 0 N–H and O–H groups in total. The first-order valence-corrected chi connectivity index (χ1v) is 5.66. The van der Waals surface area contributed by atoms with Crippen LogP contribution in [0.2, 0.25) is 0 Å². The summed E-state index contributed by atoms with van der Waals surface area (Å²) < 4.78 is 0. The van der Waals surface area contributed by atoms with Crippen LogP contribution in [0, 0.1) is 0 Å². The van der Waals surface area contributed by atoms with Gasteiger partial charge < -0.3 is 0 Å². The van der Waals surface area contributed by atoms with Crippen LogP contribution in [0.4, 0.5) is 0 Å². The Bertz CT molecular complexity index is 754. The predicted molar refractivity (Wildman–Crippen MR) is 71.2 cm³/mol. The van der Waals surface area contributed by atoms with Crippen molar-refractivity contribution < 1.29 is 0 Å². The third-order valence-electron chi connectivity index (χ3n) is 2.74. The van der Waals surface area contributed by atoms with Gasteiger partial charge in [0.05, 0.1) is 17.4 Å². The average molecular weight is 234 g/mol. The number of hydrogen-bond donors (Lipinski definition) is 0. The van der Waals surface area contributed by atoms with Gasteiger partial charge >= 0.3 is 0 Å². The van der Waals surface area contributed by atoms with E-state index in [1.165, 1.54) is 6.20 Å². The standard InChI is InChI=1S/C15H10N2O/c18-14-10-16-15(11-6-2-1-3-7-11)12-8-4-5-9-13(12)17-14/h1-10H. The summed E-state index contributed by atoms with van der Waals surface area (Å²) in [6, 6.07) is 17.3. The molecule has 0 bridgehead atoms. The van der Waals surface area contributed by atoms with Crippen LogP contribution < -0.4 is 5.56 Å². The Kier molecular flexibility index (Phi) is 2.57. The normalized spacial score (nSPS) is 10.4. The van der Waals surface area contributed by atoms with Crippen molar-refractivity contribution >= 4 is 10.9 Å². The molecule has 0 aliphatic heterocycles. The van der Waals surface area contributed by atoms with Crippen LogP contribution in [0.5, 0.6) is 0 Å². The van der Waals surface area contributed by atoms with E-state index in [-0.39, 0.29) is 5.56 Å². The van der Waals surface area contributed by atoms with Crippen LogP contribution in [0.3, 0.4) is 0 Å². The molecule has 86 valence electrons. The fourth-order valence-electron chi connectivity index (χ4n) is 1.93. The minimum Gasteiger partial charge on any atom is -0.266 e. The van der Waals surface area contributed by atoms with Crippen LogP contribution in [0.25, 0.3) is 22.2 Å². The number of hydrogen-bond acceptors (Lipinski definition) is 3. The molecule has 0 spiro atoms. The summed E-state index contributed by atoms with van der Waals surface area (Å²) in [5.41, 5.74) is 2.10. The molecule has 2 aromatic carbocycles. The topological polar surface area (TPSA) is 42.9 Å². The second kappa shape index (κ2) is 4.37. The zero-order valence-electron chi connectivity index (χ0n) is 9.58. The zero-order valence-corrected chi connectivity index (χ0v) is 9.58. The van der Waals surface area contributed by atoms with Crippen molar-refractivity contribution in [3.05, 3.63) is 71.1 Å². The van der Waals surface area contributed by atoms with E-state index in [1.807, 2.05) is 54.6 Å².